The summed E-state index contributed by atoms with van der Waals surface area (Å²) in [5.74, 6) is -0.656. The molecule has 6 heteroatoms. The molecule has 0 saturated carbocycles. The molecule has 5 nitrogen and oxygen atoms in total. The van der Waals surface area contributed by atoms with Crippen LogP contribution in [0.3, 0.4) is 0 Å². The number of sulfone groups is 1. The Morgan fingerprint density at radius 3 is 2.67 bits per heavy atom. The molecule has 0 atom stereocenters. The molecule has 1 aromatic carbocycles. The zero-order chi connectivity index (χ0) is 13.8. The molecule has 0 unspecified atom stereocenters. The van der Waals surface area contributed by atoms with Crippen LogP contribution in [0.5, 0.6) is 5.75 Å². The van der Waals surface area contributed by atoms with Gasteiger partial charge in [-0.1, -0.05) is 6.07 Å². The second-order valence-electron chi connectivity index (χ2n) is 3.86. The number of hydrogen-bond donors (Lipinski definition) is 1. The summed E-state index contributed by atoms with van der Waals surface area (Å²) in [4.78, 5) is 10.6. The normalized spacial score (nSPS) is 12.2. The van der Waals surface area contributed by atoms with Gasteiger partial charge in [0.05, 0.1) is 4.90 Å². The Morgan fingerprint density at radius 2 is 2.11 bits per heavy atom. The summed E-state index contributed by atoms with van der Waals surface area (Å²) in [6, 6.07) is 6.07. The lowest BCUT2D eigenvalue weighted by Crippen LogP contribution is -2.03. The van der Waals surface area contributed by atoms with Crippen LogP contribution in [0, 0.1) is 0 Å². The third kappa shape index (κ3) is 4.58. The van der Waals surface area contributed by atoms with Gasteiger partial charge in [-0.05, 0) is 30.7 Å². The molecule has 0 spiro atoms. The molecule has 0 aromatic heterocycles. The number of hydrogen-bond acceptors (Lipinski definition) is 4. The number of ether oxygens (including phenoxy) is 1. The van der Waals surface area contributed by atoms with E-state index in [2.05, 4.69) is 0 Å². The van der Waals surface area contributed by atoms with Gasteiger partial charge in [-0.15, -0.1) is 0 Å². The maximum Gasteiger partial charge on any atom is 0.328 e. The number of rotatable bonds is 5. The molecule has 0 amide bonds. The van der Waals surface area contributed by atoms with E-state index in [9.17, 15) is 13.2 Å². The molecule has 0 bridgehead atoms. The molecule has 1 N–H and O–H groups in total. The van der Waals surface area contributed by atoms with Crippen LogP contribution in [0.2, 0.25) is 0 Å². The van der Waals surface area contributed by atoms with E-state index in [-0.39, 0.29) is 11.5 Å². The largest absolute Gasteiger partial charge is 0.489 e. The van der Waals surface area contributed by atoms with Gasteiger partial charge >= 0.3 is 5.97 Å². The number of aliphatic carboxylic acids is 1. The predicted molar refractivity (Wildman–Crippen MR) is 66.4 cm³/mol. The van der Waals surface area contributed by atoms with Crippen LogP contribution in [-0.2, 0) is 14.6 Å². The van der Waals surface area contributed by atoms with Crippen molar-refractivity contribution in [2.75, 3.05) is 12.9 Å². The molecule has 18 heavy (non-hydrogen) atoms. The number of carboxylic acids is 1. The van der Waals surface area contributed by atoms with E-state index in [1.54, 1.807) is 19.1 Å². The van der Waals surface area contributed by atoms with Crippen molar-refractivity contribution in [1.29, 1.82) is 0 Å². The van der Waals surface area contributed by atoms with Crippen molar-refractivity contribution in [2.24, 2.45) is 0 Å². The Balaban J connectivity index is 2.78. The minimum atomic E-state index is -3.27. The van der Waals surface area contributed by atoms with E-state index in [1.165, 1.54) is 12.1 Å². The van der Waals surface area contributed by atoms with Crippen molar-refractivity contribution in [2.45, 2.75) is 11.8 Å². The van der Waals surface area contributed by atoms with Gasteiger partial charge in [-0.2, -0.15) is 0 Å². The summed E-state index contributed by atoms with van der Waals surface area (Å²) < 4.78 is 28.0. The van der Waals surface area contributed by atoms with Gasteiger partial charge in [0.25, 0.3) is 0 Å². The van der Waals surface area contributed by atoms with Crippen LogP contribution in [0.15, 0.2) is 40.8 Å². The molecule has 0 aliphatic rings. The van der Waals surface area contributed by atoms with Crippen LogP contribution >= 0.6 is 0 Å². The minimum absolute atomic E-state index is 0.0967. The van der Waals surface area contributed by atoms with Gasteiger partial charge in [-0.3, -0.25) is 0 Å². The summed E-state index contributed by atoms with van der Waals surface area (Å²) in [5.41, 5.74) is 0.534. The lowest BCUT2D eigenvalue weighted by molar-refractivity contribution is -0.131. The molecule has 0 heterocycles. The smallest absolute Gasteiger partial charge is 0.328 e. The van der Waals surface area contributed by atoms with Gasteiger partial charge in [0.1, 0.15) is 12.4 Å². The molecule has 0 radical (unpaired) electrons. The molecule has 0 fully saturated rings. The predicted octanol–water partition coefficient (Wildman–Crippen LogP) is 1.50. The zero-order valence-electron chi connectivity index (χ0n) is 10.1. The fourth-order valence-electron chi connectivity index (χ4n) is 1.24. The first-order valence-corrected chi connectivity index (χ1v) is 7.01. The highest BCUT2D eigenvalue weighted by Crippen LogP contribution is 2.17. The standard InChI is InChI=1S/C12H14O5S/c1-9(6-12(13)14)8-17-10-4-3-5-11(7-10)18(2,15)16/h3-7H,8H2,1-2H3,(H,13,14)/b9-6+. The van der Waals surface area contributed by atoms with Crippen LogP contribution in [0.1, 0.15) is 6.92 Å². The highest BCUT2D eigenvalue weighted by molar-refractivity contribution is 7.90. The van der Waals surface area contributed by atoms with E-state index in [1.807, 2.05) is 0 Å². The monoisotopic (exact) mass is 270 g/mol. The van der Waals surface area contributed by atoms with Crippen molar-refractivity contribution in [3.8, 4) is 5.75 Å². The molecule has 98 valence electrons. The Hall–Kier alpha value is -1.82. The highest BCUT2D eigenvalue weighted by Gasteiger charge is 2.07. The number of benzene rings is 1. The zero-order valence-corrected chi connectivity index (χ0v) is 10.9. The Labute approximate surface area is 106 Å². The Bertz CT molecular complexity index is 572. The van der Waals surface area contributed by atoms with Crippen molar-refractivity contribution >= 4 is 15.8 Å². The second kappa shape index (κ2) is 5.68. The lowest BCUT2D eigenvalue weighted by atomic mass is 10.3. The summed E-state index contributed by atoms with van der Waals surface area (Å²) >= 11 is 0. The highest BCUT2D eigenvalue weighted by atomic mass is 32.2. The maximum atomic E-state index is 11.3. The van der Waals surface area contributed by atoms with Crippen molar-refractivity contribution in [3.63, 3.8) is 0 Å². The minimum Gasteiger partial charge on any atom is -0.489 e. The lowest BCUT2D eigenvalue weighted by Gasteiger charge is -2.07. The van der Waals surface area contributed by atoms with Gasteiger partial charge in [0.2, 0.25) is 0 Å². The SMILES string of the molecule is C/C(=C\C(=O)O)COc1cccc(S(C)(=O)=O)c1. The average Bonchev–Trinajstić information content (AvgIpc) is 2.25. The summed E-state index contributed by atoms with van der Waals surface area (Å²) in [7, 11) is -3.27. The van der Waals surface area contributed by atoms with E-state index < -0.39 is 15.8 Å². The molecule has 0 aliphatic heterocycles. The molecular weight excluding hydrogens is 256 g/mol. The third-order valence-electron chi connectivity index (χ3n) is 2.07. The first kappa shape index (κ1) is 14.2. The summed E-state index contributed by atoms with van der Waals surface area (Å²) in [6.45, 7) is 1.72. The van der Waals surface area contributed by atoms with E-state index in [4.69, 9.17) is 9.84 Å². The molecule has 1 aromatic rings. The topological polar surface area (TPSA) is 80.7 Å². The van der Waals surface area contributed by atoms with Crippen LogP contribution in [0.25, 0.3) is 0 Å². The number of carboxylic acid groups (broad SMARTS) is 1. The van der Waals surface area contributed by atoms with Crippen LogP contribution < -0.4 is 4.74 Å². The first-order chi connectivity index (χ1) is 8.29. The van der Waals surface area contributed by atoms with Gasteiger partial charge < -0.3 is 9.84 Å². The van der Waals surface area contributed by atoms with E-state index >= 15 is 0 Å². The van der Waals surface area contributed by atoms with E-state index in [0.717, 1.165) is 12.3 Å². The quantitative estimate of drug-likeness (QED) is 0.820. The second-order valence-corrected chi connectivity index (χ2v) is 5.88. The van der Waals surface area contributed by atoms with E-state index in [0.29, 0.717) is 11.3 Å². The maximum absolute atomic E-state index is 11.3. The van der Waals surface area contributed by atoms with Crippen molar-refractivity contribution < 1.29 is 23.1 Å². The molecule has 0 saturated heterocycles. The van der Waals surface area contributed by atoms with Gasteiger partial charge in [0.15, 0.2) is 9.84 Å². The summed E-state index contributed by atoms with van der Waals surface area (Å²) in [6.07, 6.45) is 2.15. The Kier molecular flexibility index (Phi) is 4.49. The molecular formula is C12H14O5S. The van der Waals surface area contributed by atoms with Crippen LogP contribution in [0.4, 0.5) is 0 Å². The van der Waals surface area contributed by atoms with Crippen molar-refractivity contribution in [1.82, 2.24) is 0 Å². The van der Waals surface area contributed by atoms with Gasteiger partial charge in [0, 0.05) is 12.3 Å². The summed E-state index contributed by atoms with van der Waals surface area (Å²) in [5, 5.41) is 8.52. The van der Waals surface area contributed by atoms with Crippen LogP contribution in [-0.4, -0.2) is 32.4 Å². The number of carbonyl (C=O) groups is 1. The third-order valence-corrected chi connectivity index (χ3v) is 3.18. The fourth-order valence-corrected chi connectivity index (χ4v) is 1.90. The fraction of sp³-hybridized carbons (Fsp3) is 0.250. The van der Waals surface area contributed by atoms with Crippen molar-refractivity contribution in [3.05, 3.63) is 35.9 Å². The average molecular weight is 270 g/mol. The molecule has 1 rings (SSSR count). The van der Waals surface area contributed by atoms with Gasteiger partial charge in [-0.25, -0.2) is 13.2 Å². The Morgan fingerprint density at radius 1 is 1.44 bits per heavy atom. The molecule has 0 aliphatic carbocycles. The first-order valence-electron chi connectivity index (χ1n) is 5.12.